The van der Waals surface area contributed by atoms with Crippen molar-refractivity contribution in [3.8, 4) is 11.9 Å². The van der Waals surface area contributed by atoms with Crippen molar-refractivity contribution in [1.29, 1.82) is 5.26 Å². The maximum atomic E-state index is 12.2. The maximum Gasteiger partial charge on any atom is 0.328 e. The van der Waals surface area contributed by atoms with Gasteiger partial charge < -0.3 is 10.5 Å². The number of nitrogens with zero attached hydrogens (tertiary/aromatic N) is 1. The quantitative estimate of drug-likeness (QED) is 0.700. The molecule has 7 nitrogen and oxygen atoms in total. The second-order valence-electron chi connectivity index (χ2n) is 4.63. The summed E-state index contributed by atoms with van der Waals surface area (Å²) in [4.78, 5) is 28.1. The fourth-order valence-electron chi connectivity index (χ4n) is 2.41. The van der Waals surface area contributed by atoms with Crippen LogP contribution in [0.5, 0.6) is 5.88 Å². The molecule has 0 fully saturated rings. The van der Waals surface area contributed by atoms with Gasteiger partial charge in [-0.1, -0.05) is 28.1 Å². The van der Waals surface area contributed by atoms with E-state index in [0.717, 1.165) is 4.47 Å². The Bertz CT molecular complexity index is 952. The highest BCUT2D eigenvalue weighted by molar-refractivity contribution is 9.10. The molecule has 110 valence electrons. The summed E-state index contributed by atoms with van der Waals surface area (Å²) in [6.45, 7) is 0. The molecule has 1 aromatic carbocycles. The van der Waals surface area contributed by atoms with Crippen LogP contribution in [-0.2, 0) is 0 Å². The van der Waals surface area contributed by atoms with Gasteiger partial charge in [-0.3, -0.25) is 14.8 Å². The van der Waals surface area contributed by atoms with E-state index in [1.807, 2.05) is 12.1 Å². The number of aromatic nitrogens is 2. The average Bonchev–Trinajstić information content (AvgIpc) is 2.45. The number of benzene rings is 1. The van der Waals surface area contributed by atoms with E-state index in [4.69, 9.17) is 10.5 Å². The lowest BCUT2D eigenvalue weighted by molar-refractivity contribution is 0.373. The van der Waals surface area contributed by atoms with Crippen molar-refractivity contribution in [3.63, 3.8) is 0 Å². The van der Waals surface area contributed by atoms with E-state index in [0.29, 0.717) is 5.56 Å². The zero-order chi connectivity index (χ0) is 15.9. The van der Waals surface area contributed by atoms with Gasteiger partial charge in [0.25, 0.3) is 5.56 Å². The highest BCUT2D eigenvalue weighted by Gasteiger charge is 2.34. The molecule has 2 aromatic rings. The molecule has 0 saturated heterocycles. The van der Waals surface area contributed by atoms with Gasteiger partial charge in [0, 0.05) is 4.47 Å². The number of nitrogens with one attached hydrogen (secondary N) is 2. The molecule has 1 atom stereocenters. The summed E-state index contributed by atoms with van der Waals surface area (Å²) in [6, 6.07) is 9.11. The first-order valence-electron chi connectivity index (χ1n) is 6.21. The van der Waals surface area contributed by atoms with E-state index in [-0.39, 0.29) is 22.9 Å². The zero-order valence-electron chi connectivity index (χ0n) is 11.0. The number of nitrogens with two attached hydrogens (primary N) is 1. The molecule has 0 radical (unpaired) electrons. The Balaban J connectivity index is 2.34. The molecular weight excluding hydrogens is 352 g/mol. The molecule has 4 N–H and O–H groups in total. The molecule has 0 saturated carbocycles. The second kappa shape index (κ2) is 5.20. The molecule has 2 heterocycles. The van der Waals surface area contributed by atoms with Gasteiger partial charge in [0.2, 0.25) is 11.8 Å². The summed E-state index contributed by atoms with van der Waals surface area (Å²) < 4.78 is 6.01. The molecule has 0 unspecified atom stereocenters. The van der Waals surface area contributed by atoms with Crippen LogP contribution in [0.1, 0.15) is 17.0 Å². The third-order valence-electron chi connectivity index (χ3n) is 3.30. The van der Waals surface area contributed by atoms with Gasteiger partial charge in [0.05, 0.1) is 11.5 Å². The van der Waals surface area contributed by atoms with Crippen molar-refractivity contribution in [3.05, 3.63) is 72.2 Å². The Kier molecular flexibility index (Phi) is 3.35. The van der Waals surface area contributed by atoms with Crippen LogP contribution in [0.3, 0.4) is 0 Å². The molecule has 3 rings (SSSR count). The topological polar surface area (TPSA) is 125 Å². The van der Waals surface area contributed by atoms with E-state index in [1.54, 1.807) is 18.2 Å². The lowest BCUT2D eigenvalue weighted by atomic mass is 9.85. The number of H-pyrrole nitrogens is 2. The molecule has 1 aromatic heterocycles. The third-order valence-corrected chi connectivity index (χ3v) is 3.79. The van der Waals surface area contributed by atoms with E-state index >= 15 is 0 Å². The minimum atomic E-state index is -0.716. The fourth-order valence-corrected chi connectivity index (χ4v) is 2.83. The lowest BCUT2D eigenvalue weighted by Crippen LogP contribution is -2.33. The molecular formula is C14H9BrN4O3. The minimum Gasteiger partial charge on any atom is -0.424 e. The highest BCUT2D eigenvalue weighted by atomic mass is 79.9. The van der Waals surface area contributed by atoms with Crippen LogP contribution in [0, 0.1) is 11.3 Å². The van der Waals surface area contributed by atoms with E-state index in [2.05, 4.69) is 25.9 Å². The van der Waals surface area contributed by atoms with E-state index < -0.39 is 17.2 Å². The van der Waals surface area contributed by atoms with E-state index in [1.165, 1.54) is 0 Å². The monoisotopic (exact) mass is 360 g/mol. The molecule has 22 heavy (non-hydrogen) atoms. The standard InChI is InChI=1S/C14H9BrN4O3/c15-7-3-1-2-6(4-7)9-8(5-16)11(17)22-13-10(9)12(20)18-14(21)19-13/h1-4,9H,17H2,(H2,18,19,20,21)/t9-/m1/s1. The van der Waals surface area contributed by atoms with Crippen LogP contribution in [0.4, 0.5) is 0 Å². The lowest BCUT2D eigenvalue weighted by Gasteiger charge is -2.24. The largest absolute Gasteiger partial charge is 0.424 e. The van der Waals surface area contributed by atoms with Crippen LogP contribution in [0.25, 0.3) is 0 Å². The van der Waals surface area contributed by atoms with Crippen LogP contribution in [0.15, 0.2) is 49.8 Å². The minimum absolute atomic E-state index is 0.0461. The van der Waals surface area contributed by atoms with Crippen molar-refractivity contribution in [1.82, 2.24) is 9.97 Å². The second-order valence-corrected chi connectivity index (χ2v) is 5.55. The number of aromatic amines is 2. The molecule has 0 amide bonds. The number of fused-ring (bicyclic) bond motifs is 1. The van der Waals surface area contributed by atoms with Gasteiger partial charge >= 0.3 is 5.69 Å². The van der Waals surface area contributed by atoms with Crippen LogP contribution >= 0.6 is 15.9 Å². The zero-order valence-corrected chi connectivity index (χ0v) is 12.6. The van der Waals surface area contributed by atoms with E-state index in [9.17, 15) is 14.9 Å². The van der Waals surface area contributed by atoms with Gasteiger partial charge in [-0.25, -0.2) is 4.79 Å². The first kappa shape index (κ1) is 14.2. The first-order chi connectivity index (χ1) is 10.5. The van der Waals surface area contributed by atoms with Gasteiger partial charge in [-0.2, -0.15) is 5.26 Å². The predicted molar refractivity (Wildman–Crippen MR) is 81.1 cm³/mol. The summed E-state index contributed by atoms with van der Waals surface area (Å²) >= 11 is 3.35. The smallest absolute Gasteiger partial charge is 0.328 e. The van der Waals surface area contributed by atoms with Gasteiger partial charge in [-0.15, -0.1) is 0 Å². The van der Waals surface area contributed by atoms with Gasteiger partial charge in [-0.05, 0) is 17.7 Å². The number of halogens is 1. The normalized spacial score (nSPS) is 16.6. The SMILES string of the molecule is N#CC1=C(N)Oc2[nH]c(=O)[nH]c(=O)c2[C@@H]1c1cccc(Br)c1. The number of hydrogen-bond acceptors (Lipinski definition) is 5. The van der Waals surface area contributed by atoms with Crippen molar-refractivity contribution in [2.45, 2.75) is 5.92 Å². The molecule has 0 aliphatic carbocycles. The Labute approximate surface area is 132 Å². The Morgan fingerprint density at radius 3 is 2.77 bits per heavy atom. The number of hydrogen-bond donors (Lipinski definition) is 3. The van der Waals surface area contributed by atoms with Crippen molar-refractivity contribution in [2.75, 3.05) is 0 Å². The molecule has 0 bridgehead atoms. The number of rotatable bonds is 1. The summed E-state index contributed by atoms with van der Waals surface area (Å²) in [5.41, 5.74) is 5.37. The molecule has 8 heteroatoms. The summed E-state index contributed by atoms with van der Waals surface area (Å²) in [5, 5.41) is 9.37. The summed E-state index contributed by atoms with van der Waals surface area (Å²) in [5.74, 6) is -0.900. The highest BCUT2D eigenvalue weighted by Crippen LogP contribution is 2.38. The van der Waals surface area contributed by atoms with Crippen LogP contribution in [-0.4, -0.2) is 9.97 Å². The van der Waals surface area contributed by atoms with Crippen molar-refractivity contribution < 1.29 is 4.74 Å². The van der Waals surface area contributed by atoms with Crippen LogP contribution in [0.2, 0.25) is 0 Å². The van der Waals surface area contributed by atoms with Crippen LogP contribution < -0.4 is 21.7 Å². The molecule has 1 aliphatic heterocycles. The Morgan fingerprint density at radius 1 is 1.32 bits per heavy atom. The number of ether oxygens (including phenoxy) is 1. The maximum absolute atomic E-state index is 12.2. The fraction of sp³-hybridized carbons (Fsp3) is 0.0714. The number of allylic oxidation sites excluding steroid dienone is 1. The van der Waals surface area contributed by atoms with Crippen molar-refractivity contribution >= 4 is 15.9 Å². The summed E-state index contributed by atoms with van der Waals surface area (Å²) in [6.07, 6.45) is 0. The predicted octanol–water partition coefficient (Wildman–Crippen LogP) is 1.04. The van der Waals surface area contributed by atoms with Crippen molar-refractivity contribution in [2.24, 2.45) is 5.73 Å². The molecule has 1 aliphatic rings. The van der Waals surface area contributed by atoms with Gasteiger partial charge in [0.15, 0.2) is 0 Å². The Morgan fingerprint density at radius 2 is 2.09 bits per heavy atom. The Hall–Kier alpha value is -2.79. The number of nitriles is 1. The molecule has 0 spiro atoms. The summed E-state index contributed by atoms with van der Waals surface area (Å²) in [7, 11) is 0. The third kappa shape index (κ3) is 2.21. The van der Waals surface area contributed by atoms with Gasteiger partial charge in [0.1, 0.15) is 11.6 Å². The first-order valence-corrected chi connectivity index (χ1v) is 7.00. The average molecular weight is 361 g/mol.